The van der Waals surface area contributed by atoms with Gasteiger partial charge in [0.25, 0.3) is 5.91 Å². The number of pyridine rings is 1. The van der Waals surface area contributed by atoms with Gasteiger partial charge in [-0.25, -0.2) is 4.98 Å². The summed E-state index contributed by atoms with van der Waals surface area (Å²) in [6.07, 6.45) is 0. The molecule has 0 spiro atoms. The standard InChI is InChI=1S/C21H26N4O4/c1-15(26)22-8-9-23-21(27)18-6-7-19(16-4-3-5-17(14-16)28-2)24-20(18)25-10-12-29-13-11-25/h3-7,14H,8-13H2,1-2H3,(H,22,26)(H,23,27). The molecule has 2 heterocycles. The van der Waals surface area contributed by atoms with E-state index < -0.39 is 0 Å². The number of ether oxygens (including phenoxy) is 2. The second-order valence-corrected chi connectivity index (χ2v) is 6.64. The van der Waals surface area contributed by atoms with E-state index in [1.165, 1.54) is 6.92 Å². The second kappa shape index (κ2) is 9.88. The van der Waals surface area contributed by atoms with Gasteiger partial charge < -0.3 is 25.0 Å². The highest BCUT2D eigenvalue weighted by molar-refractivity contribution is 5.99. The Morgan fingerprint density at radius 2 is 1.90 bits per heavy atom. The average Bonchev–Trinajstić information content (AvgIpc) is 2.76. The minimum absolute atomic E-state index is 0.127. The number of hydrogen-bond donors (Lipinski definition) is 2. The molecule has 1 saturated heterocycles. The average molecular weight is 398 g/mol. The van der Waals surface area contributed by atoms with E-state index in [0.717, 1.165) is 17.0 Å². The van der Waals surface area contributed by atoms with Gasteiger partial charge in [-0.15, -0.1) is 0 Å². The number of anilines is 1. The Balaban J connectivity index is 1.86. The van der Waals surface area contributed by atoms with Crippen LogP contribution in [0, 0.1) is 0 Å². The lowest BCUT2D eigenvalue weighted by atomic mass is 10.1. The summed E-state index contributed by atoms with van der Waals surface area (Å²) < 4.78 is 10.7. The van der Waals surface area contributed by atoms with Crippen LogP contribution in [0.4, 0.5) is 5.82 Å². The summed E-state index contributed by atoms with van der Waals surface area (Å²) in [5.41, 5.74) is 2.18. The number of aromatic nitrogens is 1. The van der Waals surface area contributed by atoms with Crippen molar-refractivity contribution in [3.05, 3.63) is 42.0 Å². The van der Waals surface area contributed by atoms with Crippen molar-refractivity contribution in [2.75, 3.05) is 51.4 Å². The first-order chi connectivity index (χ1) is 14.1. The molecule has 29 heavy (non-hydrogen) atoms. The highest BCUT2D eigenvalue weighted by Crippen LogP contribution is 2.27. The summed E-state index contributed by atoms with van der Waals surface area (Å²) in [5.74, 6) is 1.03. The van der Waals surface area contributed by atoms with Crippen molar-refractivity contribution in [2.45, 2.75) is 6.92 Å². The van der Waals surface area contributed by atoms with Crippen LogP contribution in [0.3, 0.4) is 0 Å². The van der Waals surface area contributed by atoms with Gasteiger partial charge in [-0.1, -0.05) is 12.1 Å². The minimum Gasteiger partial charge on any atom is -0.497 e. The molecule has 1 aliphatic heterocycles. The number of nitrogens with zero attached hydrogens (tertiary/aromatic N) is 2. The van der Waals surface area contributed by atoms with Crippen LogP contribution in [0.25, 0.3) is 11.3 Å². The molecular weight excluding hydrogens is 372 g/mol. The summed E-state index contributed by atoms with van der Waals surface area (Å²) in [4.78, 5) is 30.6. The van der Waals surface area contributed by atoms with Gasteiger partial charge in [0.1, 0.15) is 11.6 Å². The number of methoxy groups -OCH3 is 1. The number of carbonyl (C=O) groups excluding carboxylic acids is 2. The third-order valence-electron chi connectivity index (χ3n) is 4.58. The number of amides is 2. The monoisotopic (exact) mass is 398 g/mol. The summed E-state index contributed by atoms with van der Waals surface area (Å²) in [6.45, 7) is 4.69. The van der Waals surface area contributed by atoms with Gasteiger partial charge in [-0.3, -0.25) is 9.59 Å². The number of morpholine rings is 1. The Kier molecular flexibility index (Phi) is 7.02. The number of hydrogen-bond acceptors (Lipinski definition) is 6. The van der Waals surface area contributed by atoms with E-state index in [0.29, 0.717) is 50.8 Å². The van der Waals surface area contributed by atoms with Crippen LogP contribution in [0.2, 0.25) is 0 Å². The van der Waals surface area contributed by atoms with Gasteiger partial charge in [0.05, 0.1) is 31.6 Å². The van der Waals surface area contributed by atoms with Crippen molar-refractivity contribution in [3.63, 3.8) is 0 Å². The fourth-order valence-electron chi connectivity index (χ4n) is 3.09. The maximum atomic E-state index is 12.8. The van der Waals surface area contributed by atoms with E-state index in [9.17, 15) is 9.59 Å². The molecule has 0 unspecified atom stereocenters. The molecule has 0 aliphatic carbocycles. The van der Waals surface area contributed by atoms with Crippen molar-refractivity contribution in [1.82, 2.24) is 15.6 Å². The van der Waals surface area contributed by atoms with Crippen molar-refractivity contribution >= 4 is 17.6 Å². The molecular formula is C21H26N4O4. The number of nitrogens with one attached hydrogen (secondary N) is 2. The number of carbonyl (C=O) groups is 2. The smallest absolute Gasteiger partial charge is 0.255 e. The fraction of sp³-hybridized carbons (Fsp3) is 0.381. The molecule has 0 saturated carbocycles. The predicted molar refractivity (Wildman–Crippen MR) is 110 cm³/mol. The molecule has 0 bridgehead atoms. The van der Waals surface area contributed by atoms with Crippen LogP contribution in [0.5, 0.6) is 5.75 Å². The van der Waals surface area contributed by atoms with Gasteiger partial charge in [-0.05, 0) is 24.3 Å². The Morgan fingerprint density at radius 1 is 1.14 bits per heavy atom. The lowest BCUT2D eigenvalue weighted by Crippen LogP contribution is -2.39. The third-order valence-corrected chi connectivity index (χ3v) is 4.58. The fourth-order valence-corrected chi connectivity index (χ4v) is 3.09. The molecule has 1 aromatic carbocycles. The van der Waals surface area contributed by atoms with Gasteiger partial charge in [0, 0.05) is 38.7 Å². The quantitative estimate of drug-likeness (QED) is 0.686. The van der Waals surface area contributed by atoms with Gasteiger partial charge >= 0.3 is 0 Å². The Morgan fingerprint density at radius 3 is 2.62 bits per heavy atom. The number of rotatable bonds is 7. The normalized spacial score (nSPS) is 13.7. The third kappa shape index (κ3) is 5.45. The summed E-state index contributed by atoms with van der Waals surface area (Å²) in [6, 6.07) is 11.3. The first kappa shape index (κ1) is 20.6. The molecule has 2 N–H and O–H groups in total. The molecule has 0 atom stereocenters. The van der Waals surface area contributed by atoms with Crippen LogP contribution >= 0.6 is 0 Å². The molecule has 8 heteroatoms. The molecule has 0 radical (unpaired) electrons. The van der Waals surface area contributed by atoms with Crippen molar-refractivity contribution < 1.29 is 19.1 Å². The zero-order valence-corrected chi connectivity index (χ0v) is 16.7. The van der Waals surface area contributed by atoms with E-state index >= 15 is 0 Å². The van der Waals surface area contributed by atoms with Crippen molar-refractivity contribution in [1.29, 1.82) is 0 Å². The Labute approximate surface area is 170 Å². The first-order valence-electron chi connectivity index (χ1n) is 9.59. The zero-order valence-electron chi connectivity index (χ0n) is 16.7. The minimum atomic E-state index is -0.221. The molecule has 2 aromatic rings. The maximum absolute atomic E-state index is 12.8. The Bertz CT molecular complexity index is 866. The molecule has 3 rings (SSSR count). The second-order valence-electron chi connectivity index (χ2n) is 6.64. The van der Waals surface area contributed by atoms with E-state index in [-0.39, 0.29) is 11.8 Å². The van der Waals surface area contributed by atoms with Gasteiger partial charge in [-0.2, -0.15) is 0 Å². The molecule has 1 fully saturated rings. The van der Waals surface area contributed by atoms with E-state index in [1.54, 1.807) is 13.2 Å². The van der Waals surface area contributed by atoms with Crippen LogP contribution in [-0.4, -0.2) is 63.3 Å². The van der Waals surface area contributed by atoms with Gasteiger partial charge in [0.2, 0.25) is 5.91 Å². The summed E-state index contributed by atoms with van der Waals surface area (Å²) in [5, 5.41) is 5.50. The summed E-state index contributed by atoms with van der Waals surface area (Å²) in [7, 11) is 1.63. The molecule has 8 nitrogen and oxygen atoms in total. The Hall–Kier alpha value is -3.13. The predicted octanol–water partition coefficient (Wildman–Crippen LogP) is 1.46. The van der Waals surface area contributed by atoms with Crippen molar-refractivity contribution in [2.24, 2.45) is 0 Å². The van der Waals surface area contributed by atoms with Crippen LogP contribution < -0.4 is 20.3 Å². The van der Waals surface area contributed by atoms with E-state index in [4.69, 9.17) is 14.5 Å². The molecule has 154 valence electrons. The largest absolute Gasteiger partial charge is 0.497 e. The van der Waals surface area contributed by atoms with Crippen LogP contribution in [0.15, 0.2) is 36.4 Å². The summed E-state index contributed by atoms with van der Waals surface area (Å²) >= 11 is 0. The van der Waals surface area contributed by atoms with Crippen molar-refractivity contribution in [3.8, 4) is 17.0 Å². The molecule has 1 aliphatic rings. The zero-order chi connectivity index (χ0) is 20.6. The van der Waals surface area contributed by atoms with E-state index in [1.807, 2.05) is 30.3 Å². The van der Waals surface area contributed by atoms with Gasteiger partial charge in [0.15, 0.2) is 0 Å². The number of benzene rings is 1. The topological polar surface area (TPSA) is 92.8 Å². The van der Waals surface area contributed by atoms with Crippen LogP contribution in [-0.2, 0) is 9.53 Å². The molecule has 2 amide bonds. The lowest BCUT2D eigenvalue weighted by molar-refractivity contribution is -0.118. The van der Waals surface area contributed by atoms with E-state index in [2.05, 4.69) is 15.5 Å². The maximum Gasteiger partial charge on any atom is 0.255 e. The van der Waals surface area contributed by atoms with Crippen LogP contribution in [0.1, 0.15) is 17.3 Å². The highest BCUT2D eigenvalue weighted by Gasteiger charge is 2.21. The lowest BCUT2D eigenvalue weighted by Gasteiger charge is -2.29. The highest BCUT2D eigenvalue weighted by atomic mass is 16.5. The SMILES string of the molecule is COc1cccc(-c2ccc(C(=O)NCCNC(C)=O)c(N3CCOCC3)n2)c1. The first-order valence-corrected chi connectivity index (χ1v) is 9.59. The molecule has 1 aromatic heterocycles.